The molecule has 0 bridgehead atoms. The van der Waals surface area contributed by atoms with Gasteiger partial charge in [-0.25, -0.2) is 9.67 Å². The van der Waals surface area contributed by atoms with Crippen LogP contribution in [-0.2, 0) is 11.8 Å². The molecule has 1 aliphatic rings. The molecule has 0 saturated carbocycles. The van der Waals surface area contributed by atoms with E-state index in [4.69, 9.17) is 4.74 Å². The highest BCUT2D eigenvalue weighted by Gasteiger charge is 2.20. The molecule has 3 rings (SSSR count). The Hall–Kier alpha value is -1.69. The normalized spacial score (nSPS) is 17.4. The van der Waals surface area contributed by atoms with Crippen molar-refractivity contribution in [3.05, 3.63) is 22.4 Å². The maximum absolute atomic E-state index is 12.1. The summed E-state index contributed by atoms with van der Waals surface area (Å²) in [5.41, 5.74) is 0.665. The number of aryl methyl sites for hydroxylation is 1. The van der Waals surface area contributed by atoms with Crippen LogP contribution in [0.2, 0.25) is 0 Å². The molecule has 0 atom stereocenters. The summed E-state index contributed by atoms with van der Waals surface area (Å²) in [5.74, 6) is 0.710. The Bertz CT molecular complexity index is 637. The second-order valence-corrected chi connectivity index (χ2v) is 4.69. The van der Waals surface area contributed by atoms with Crippen LogP contribution in [0.4, 0.5) is 0 Å². The minimum absolute atomic E-state index is 0.0317. The quantitative estimate of drug-likeness (QED) is 0.748. The van der Waals surface area contributed by atoms with Gasteiger partial charge in [-0.15, -0.1) is 0 Å². The third-order valence-electron chi connectivity index (χ3n) is 3.59. The second kappa shape index (κ2) is 4.20. The van der Waals surface area contributed by atoms with Crippen LogP contribution in [0.5, 0.6) is 0 Å². The molecule has 1 aliphatic heterocycles. The highest BCUT2D eigenvalue weighted by Crippen LogP contribution is 2.23. The van der Waals surface area contributed by atoms with E-state index in [9.17, 15) is 4.79 Å². The fourth-order valence-electron chi connectivity index (χ4n) is 2.37. The first-order chi connectivity index (χ1) is 8.68. The van der Waals surface area contributed by atoms with Crippen molar-refractivity contribution in [2.45, 2.75) is 25.8 Å². The van der Waals surface area contributed by atoms with Crippen molar-refractivity contribution < 1.29 is 4.74 Å². The first kappa shape index (κ1) is 11.4. The predicted octanol–water partition coefficient (Wildman–Crippen LogP) is 0.790. The van der Waals surface area contributed by atoms with E-state index in [1.54, 1.807) is 17.8 Å². The van der Waals surface area contributed by atoms with Gasteiger partial charge in [-0.05, 0) is 19.8 Å². The van der Waals surface area contributed by atoms with Gasteiger partial charge < -0.3 is 4.74 Å². The molecule has 0 N–H and O–H groups in total. The number of hydrogen-bond donors (Lipinski definition) is 0. The number of fused-ring (bicyclic) bond motifs is 1. The van der Waals surface area contributed by atoms with Gasteiger partial charge >= 0.3 is 0 Å². The Kier molecular flexibility index (Phi) is 2.66. The molecule has 0 aliphatic carbocycles. The summed E-state index contributed by atoms with van der Waals surface area (Å²) in [5, 5.41) is 4.94. The lowest BCUT2D eigenvalue weighted by atomic mass is 10.1. The van der Waals surface area contributed by atoms with Crippen LogP contribution in [0.3, 0.4) is 0 Å². The highest BCUT2D eigenvalue weighted by molar-refractivity contribution is 5.73. The van der Waals surface area contributed by atoms with Crippen molar-refractivity contribution in [2.75, 3.05) is 13.2 Å². The molecular formula is C12H16N4O2. The molecule has 0 aromatic carbocycles. The number of aromatic nitrogens is 4. The first-order valence-corrected chi connectivity index (χ1v) is 6.17. The monoisotopic (exact) mass is 248 g/mol. The third kappa shape index (κ3) is 1.64. The van der Waals surface area contributed by atoms with Crippen LogP contribution in [0, 0.1) is 6.92 Å². The molecule has 6 nitrogen and oxygen atoms in total. The van der Waals surface area contributed by atoms with Crippen molar-refractivity contribution in [2.24, 2.45) is 7.05 Å². The number of rotatable bonds is 1. The van der Waals surface area contributed by atoms with Gasteiger partial charge in [-0.2, -0.15) is 5.10 Å². The molecule has 6 heteroatoms. The lowest BCUT2D eigenvalue weighted by Gasteiger charge is -2.22. The van der Waals surface area contributed by atoms with Crippen LogP contribution in [0.1, 0.15) is 24.7 Å². The molecule has 0 radical (unpaired) electrons. The molecular weight excluding hydrogens is 232 g/mol. The maximum Gasteiger partial charge on any atom is 0.264 e. The minimum Gasteiger partial charge on any atom is -0.381 e. The highest BCUT2D eigenvalue weighted by atomic mass is 16.5. The van der Waals surface area contributed by atoms with Crippen molar-refractivity contribution >= 4 is 11.0 Å². The molecule has 3 heterocycles. The van der Waals surface area contributed by atoms with Gasteiger partial charge in [-0.1, -0.05) is 0 Å². The Labute approximate surface area is 104 Å². The van der Waals surface area contributed by atoms with E-state index in [0.29, 0.717) is 16.9 Å². The molecule has 2 aromatic heterocycles. The first-order valence-electron chi connectivity index (χ1n) is 6.17. The van der Waals surface area contributed by atoms with Gasteiger partial charge in [0.05, 0.1) is 12.2 Å². The van der Waals surface area contributed by atoms with Crippen LogP contribution in [-0.4, -0.2) is 32.5 Å². The largest absolute Gasteiger partial charge is 0.381 e. The molecule has 96 valence electrons. The molecule has 1 fully saturated rings. The van der Waals surface area contributed by atoms with Gasteiger partial charge in [0, 0.05) is 20.3 Å². The zero-order valence-electron chi connectivity index (χ0n) is 10.6. The third-order valence-corrected chi connectivity index (χ3v) is 3.59. The predicted molar refractivity (Wildman–Crippen MR) is 66.6 cm³/mol. The van der Waals surface area contributed by atoms with Crippen LogP contribution < -0.4 is 5.56 Å². The average Bonchev–Trinajstić information content (AvgIpc) is 2.81. The number of nitrogens with zero attached hydrogens (tertiary/aromatic N) is 4. The molecule has 0 unspecified atom stereocenters. The van der Waals surface area contributed by atoms with E-state index in [-0.39, 0.29) is 11.6 Å². The topological polar surface area (TPSA) is 61.9 Å². The second-order valence-electron chi connectivity index (χ2n) is 4.69. The van der Waals surface area contributed by atoms with Crippen molar-refractivity contribution in [3.8, 4) is 0 Å². The maximum atomic E-state index is 12.1. The lowest BCUT2D eigenvalue weighted by molar-refractivity contribution is 0.0673. The summed E-state index contributed by atoms with van der Waals surface area (Å²) in [6.45, 7) is 3.33. The SMILES string of the molecule is Cc1nc2c(cnn2C2CCOCC2)c(=O)n1C. The zero-order valence-corrected chi connectivity index (χ0v) is 10.6. The summed E-state index contributed by atoms with van der Waals surface area (Å²) in [6, 6.07) is 0.287. The van der Waals surface area contributed by atoms with Crippen LogP contribution in [0.25, 0.3) is 11.0 Å². The van der Waals surface area contributed by atoms with Gasteiger partial charge in [0.15, 0.2) is 5.65 Å². The lowest BCUT2D eigenvalue weighted by Crippen LogP contribution is -2.23. The summed E-state index contributed by atoms with van der Waals surface area (Å²) < 4.78 is 8.78. The fourth-order valence-corrected chi connectivity index (χ4v) is 2.37. The van der Waals surface area contributed by atoms with E-state index < -0.39 is 0 Å². The minimum atomic E-state index is -0.0317. The van der Waals surface area contributed by atoms with E-state index >= 15 is 0 Å². The molecule has 18 heavy (non-hydrogen) atoms. The zero-order chi connectivity index (χ0) is 12.7. The van der Waals surface area contributed by atoms with Crippen molar-refractivity contribution in [1.82, 2.24) is 19.3 Å². The Morgan fingerprint density at radius 3 is 2.83 bits per heavy atom. The summed E-state index contributed by atoms with van der Waals surface area (Å²) in [6.07, 6.45) is 3.47. The molecule has 0 amide bonds. The van der Waals surface area contributed by atoms with Crippen LogP contribution in [0.15, 0.2) is 11.0 Å². The van der Waals surface area contributed by atoms with Crippen molar-refractivity contribution in [3.63, 3.8) is 0 Å². The smallest absolute Gasteiger partial charge is 0.264 e. The molecule has 1 saturated heterocycles. The molecule has 0 spiro atoms. The summed E-state index contributed by atoms with van der Waals surface area (Å²) in [4.78, 5) is 16.6. The standard InChI is InChI=1S/C12H16N4O2/c1-8-14-11-10(12(17)15(8)2)7-13-16(11)9-3-5-18-6-4-9/h7,9H,3-6H2,1-2H3. The Morgan fingerprint density at radius 2 is 2.11 bits per heavy atom. The summed E-state index contributed by atoms with van der Waals surface area (Å²) >= 11 is 0. The van der Waals surface area contributed by atoms with E-state index in [0.717, 1.165) is 26.1 Å². The van der Waals surface area contributed by atoms with Crippen LogP contribution >= 0.6 is 0 Å². The average molecular weight is 248 g/mol. The van der Waals surface area contributed by atoms with E-state index in [1.807, 2.05) is 11.6 Å². The summed E-state index contributed by atoms with van der Waals surface area (Å²) in [7, 11) is 1.73. The van der Waals surface area contributed by atoms with E-state index in [1.165, 1.54) is 0 Å². The number of hydrogen-bond acceptors (Lipinski definition) is 4. The number of ether oxygens (including phenoxy) is 1. The van der Waals surface area contributed by atoms with Gasteiger partial charge in [0.25, 0.3) is 5.56 Å². The van der Waals surface area contributed by atoms with Gasteiger partial charge in [0.1, 0.15) is 11.2 Å². The fraction of sp³-hybridized carbons (Fsp3) is 0.583. The van der Waals surface area contributed by atoms with E-state index in [2.05, 4.69) is 10.1 Å². The molecule has 2 aromatic rings. The van der Waals surface area contributed by atoms with Crippen molar-refractivity contribution in [1.29, 1.82) is 0 Å². The Balaban J connectivity index is 2.17. The van der Waals surface area contributed by atoms with Gasteiger partial charge in [0.2, 0.25) is 0 Å². The Morgan fingerprint density at radius 1 is 1.39 bits per heavy atom. The van der Waals surface area contributed by atoms with Gasteiger partial charge in [-0.3, -0.25) is 9.36 Å².